The molecular formula is C64H50N6O2. The fourth-order valence-electron chi connectivity index (χ4n) is 11.9. The predicted molar refractivity (Wildman–Crippen MR) is 293 cm³/mol. The Bertz CT molecular complexity index is 3810. The van der Waals surface area contributed by atoms with Gasteiger partial charge in [0, 0.05) is 66.5 Å². The van der Waals surface area contributed by atoms with Crippen LogP contribution in [-0.4, -0.2) is 19.9 Å². The standard InChI is InChI=1S/C64H50N6O2/c1-37-11-5-15-43(27-37)69(44-16-6-12-38(2)28-44)47-33-65-63(66-34-47)41-23-25-49-55(31-41)71-61-53-21-10-20-52-58(53)57-51(59(49)61)19-9-22-54(57)62-60(52)50-26-24-42(32-56(50)72-62)64-67-35-48(36-68-64)70(45-17-7-13-39(3)29-45)46-18-8-14-40(4)30-46/h5-8,11-18,23-36H,9-10,19-22H2,1-4H3. The predicted octanol–water partition coefficient (Wildman–Crippen LogP) is 16.7. The highest BCUT2D eigenvalue weighted by Gasteiger charge is 2.32. The van der Waals surface area contributed by atoms with Gasteiger partial charge in [0.1, 0.15) is 22.3 Å². The lowest BCUT2D eigenvalue weighted by Crippen LogP contribution is -2.11. The summed E-state index contributed by atoms with van der Waals surface area (Å²) in [6.07, 6.45) is 13.7. The first-order valence-corrected chi connectivity index (χ1v) is 25.2. The molecule has 348 valence electrons. The van der Waals surface area contributed by atoms with Gasteiger partial charge in [-0.3, -0.25) is 0 Å². The number of rotatable bonds is 8. The van der Waals surface area contributed by atoms with Crippen molar-refractivity contribution in [2.24, 2.45) is 0 Å². The molecule has 0 atom stereocenters. The normalized spacial score (nSPS) is 13.2. The van der Waals surface area contributed by atoms with E-state index in [4.69, 9.17) is 28.8 Å². The zero-order chi connectivity index (χ0) is 48.2. The summed E-state index contributed by atoms with van der Waals surface area (Å²) in [5, 5.41) is 7.55. The molecule has 0 N–H and O–H groups in total. The highest BCUT2D eigenvalue weighted by atomic mass is 16.3. The summed E-state index contributed by atoms with van der Waals surface area (Å²) < 4.78 is 14.1. The van der Waals surface area contributed by atoms with Gasteiger partial charge in [0.25, 0.3) is 0 Å². The molecule has 12 aromatic rings. The Labute approximate surface area is 417 Å². The van der Waals surface area contributed by atoms with Crippen molar-refractivity contribution >= 4 is 88.8 Å². The highest BCUT2D eigenvalue weighted by molar-refractivity contribution is 6.23. The second-order valence-corrected chi connectivity index (χ2v) is 20.0. The maximum absolute atomic E-state index is 7.07. The van der Waals surface area contributed by atoms with Crippen LogP contribution in [0, 0.1) is 27.7 Å². The number of hydrogen-bond acceptors (Lipinski definition) is 8. The van der Waals surface area contributed by atoms with Gasteiger partial charge in [-0.25, -0.2) is 19.9 Å². The molecule has 0 radical (unpaired) electrons. The Hall–Kier alpha value is -8.62. The zero-order valence-corrected chi connectivity index (χ0v) is 40.8. The highest BCUT2D eigenvalue weighted by Crippen LogP contribution is 2.51. The summed E-state index contributed by atoms with van der Waals surface area (Å²) in [5.74, 6) is 1.32. The molecule has 8 nitrogen and oxygen atoms in total. The van der Waals surface area contributed by atoms with Crippen LogP contribution < -0.4 is 9.80 Å². The average Bonchev–Trinajstić information content (AvgIpc) is 3.99. The van der Waals surface area contributed by atoms with Crippen molar-refractivity contribution < 1.29 is 8.83 Å². The third-order valence-electron chi connectivity index (χ3n) is 15.0. The van der Waals surface area contributed by atoms with Crippen molar-refractivity contribution in [1.82, 2.24) is 19.9 Å². The summed E-state index contributed by atoms with van der Waals surface area (Å²) in [5.41, 5.74) is 21.9. The molecular weight excluding hydrogens is 885 g/mol. The minimum absolute atomic E-state index is 0.661. The minimum Gasteiger partial charge on any atom is -0.456 e. The molecule has 8 aromatic carbocycles. The number of hydrogen-bond donors (Lipinski definition) is 0. The van der Waals surface area contributed by atoms with Crippen molar-refractivity contribution in [3.63, 3.8) is 0 Å². The molecule has 72 heavy (non-hydrogen) atoms. The van der Waals surface area contributed by atoms with E-state index in [9.17, 15) is 0 Å². The molecule has 0 amide bonds. The third kappa shape index (κ3) is 6.80. The largest absolute Gasteiger partial charge is 0.456 e. The fourth-order valence-corrected chi connectivity index (χ4v) is 11.9. The fraction of sp³-hybridized carbons (Fsp3) is 0.156. The molecule has 4 aromatic heterocycles. The molecule has 8 heteroatoms. The number of aromatic nitrogens is 4. The van der Waals surface area contributed by atoms with E-state index in [-0.39, 0.29) is 0 Å². The average molecular weight is 935 g/mol. The van der Waals surface area contributed by atoms with Crippen LogP contribution in [0.15, 0.2) is 167 Å². The number of benzene rings is 8. The van der Waals surface area contributed by atoms with Gasteiger partial charge in [-0.05, 0) is 183 Å². The molecule has 0 saturated heterocycles. The van der Waals surface area contributed by atoms with E-state index < -0.39 is 0 Å². The number of nitrogens with zero attached hydrogens (tertiary/aromatic N) is 6. The van der Waals surface area contributed by atoms with E-state index in [1.165, 1.54) is 66.1 Å². The second kappa shape index (κ2) is 16.5. The maximum atomic E-state index is 7.07. The molecule has 2 aliphatic rings. The first-order chi connectivity index (χ1) is 35.3. The van der Waals surface area contributed by atoms with Crippen molar-refractivity contribution in [2.75, 3.05) is 9.80 Å². The van der Waals surface area contributed by atoms with Crippen LogP contribution in [-0.2, 0) is 25.7 Å². The van der Waals surface area contributed by atoms with Crippen LogP contribution >= 0.6 is 0 Å². The van der Waals surface area contributed by atoms with Crippen molar-refractivity contribution in [3.8, 4) is 22.8 Å². The lowest BCUT2D eigenvalue weighted by molar-refractivity contribution is 0.653. The molecule has 0 aliphatic heterocycles. The summed E-state index contributed by atoms with van der Waals surface area (Å²) in [4.78, 5) is 24.3. The Morgan fingerprint density at radius 3 is 1.06 bits per heavy atom. The van der Waals surface area contributed by atoms with Crippen molar-refractivity contribution in [1.29, 1.82) is 0 Å². The lowest BCUT2D eigenvalue weighted by atomic mass is 9.77. The van der Waals surface area contributed by atoms with Gasteiger partial charge < -0.3 is 18.6 Å². The van der Waals surface area contributed by atoms with Gasteiger partial charge >= 0.3 is 0 Å². The molecule has 0 bridgehead atoms. The van der Waals surface area contributed by atoms with E-state index >= 15 is 0 Å². The Morgan fingerprint density at radius 1 is 0.361 bits per heavy atom. The third-order valence-corrected chi connectivity index (χ3v) is 15.0. The van der Waals surface area contributed by atoms with Gasteiger partial charge in [0.2, 0.25) is 0 Å². The molecule has 0 unspecified atom stereocenters. The molecule has 2 aliphatic carbocycles. The van der Waals surface area contributed by atoms with E-state index in [2.05, 4.69) is 171 Å². The zero-order valence-electron chi connectivity index (χ0n) is 40.8. The van der Waals surface area contributed by atoms with E-state index in [1.54, 1.807) is 0 Å². The van der Waals surface area contributed by atoms with Gasteiger partial charge in [-0.2, -0.15) is 0 Å². The van der Waals surface area contributed by atoms with Crippen molar-refractivity contribution in [2.45, 2.75) is 66.2 Å². The van der Waals surface area contributed by atoms with Crippen LogP contribution in [0.2, 0.25) is 0 Å². The molecule has 4 heterocycles. The summed E-state index contributed by atoms with van der Waals surface area (Å²) in [6, 6.07) is 47.2. The van der Waals surface area contributed by atoms with Gasteiger partial charge in [0.05, 0.1) is 36.2 Å². The first-order valence-electron chi connectivity index (χ1n) is 25.2. The Balaban J connectivity index is 0.846. The Kier molecular flexibility index (Phi) is 9.68. The van der Waals surface area contributed by atoms with Gasteiger partial charge in [-0.1, -0.05) is 60.7 Å². The summed E-state index contributed by atoms with van der Waals surface area (Å²) >= 11 is 0. The summed E-state index contributed by atoms with van der Waals surface area (Å²) in [7, 11) is 0. The smallest absolute Gasteiger partial charge is 0.159 e. The maximum Gasteiger partial charge on any atom is 0.159 e. The van der Waals surface area contributed by atoms with Crippen LogP contribution in [0.3, 0.4) is 0 Å². The van der Waals surface area contributed by atoms with E-state index in [1.807, 2.05) is 24.8 Å². The minimum atomic E-state index is 0.661. The van der Waals surface area contributed by atoms with Crippen LogP contribution in [0.4, 0.5) is 34.1 Å². The summed E-state index contributed by atoms with van der Waals surface area (Å²) in [6.45, 7) is 8.48. The van der Waals surface area contributed by atoms with Crippen molar-refractivity contribution in [3.05, 3.63) is 203 Å². The number of anilines is 6. The lowest BCUT2D eigenvalue weighted by Gasteiger charge is -2.26. The molecule has 0 saturated carbocycles. The SMILES string of the molecule is Cc1cccc(N(c2cnc(-c3ccc4c(c3)oc3c5c6c(c7c(oc8cc(-c9ncc(N(c%10cccc(C)c%10)c%10cccc(C)c%10)cn9)ccc87)c7c6c(c34)CCC7)CCC5)nc2)c2cccc(C)c2)c1. The number of fused-ring (bicyclic) bond motifs is 10. The van der Waals surface area contributed by atoms with Crippen LogP contribution in [0.25, 0.3) is 77.4 Å². The van der Waals surface area contributed by atoms with Crippen LogP contribution in [0.1, 0.15) is 57.3 Å². The van der Waals surface area contributed by atoms with Crippen LogP contribution in [0.5, 0.6) is 0 Å². The van der Waals surface area contributed by atoms with E-state index in [0.29, 0.717) is 11.6 Å². The quantitative estimate of drug-likeness (QED) is 0.149. The second-order valence-electron chi connectivity index (χ2n) is 20.0. The topological polar surface area (TPSA) is 84.3 Å². The number of aryl methyl sites for hydroxylation is 8. The van der Waals surface area contributed by atoms with Gasteiger partial charge in [0.15, 0.2) is 11.6 Å². The molecule has 14 rings (SSSR count). The first kappa shape index (κ1) is 42.3. The molecule has 0 spiro atoms. The Morgan fingerprint density at radius 2 is 0.708 bits per heavy atom. The molecule has 0 fully saturated rings. The van der Waals surface area contributed by atoms with Gasteiger partial charge in [-0.15, -0.1) is 0 Å². The number of furan rings is 2. The monoisotopic (exact) mass is 934 g/mol. The van der Waals surface area contributed by atoms with E-state index in [0.717, 1.165) is 117 Å².